The lowest BCUT2D eigenvalue weighted by atomic mass is 9.98. The zero-order chi connectivity index (χ0) is 14.6. The first kappa shape index (κ1) is 12.4. The van der Waals surface area contributed by atoms with Crippen molar-refractivity contribution < 1.29 is 0 Å². The molecule has 0 saturated heterocycles. The van der Waals surface area contributed by atoms with E-state index in [-0.39, 0.29) is 0 Å². The van der Waals surface area contributed by atoms with Gasteiger partial charge in [-0.15, -0.1) is 0 Å². The van der Waals surface area contributed by atoms with Crippen LogP contribution in [0.15, 0.2) is 42.6 Å². The highest BCUT2D eigenvalue weighted by atomic mass is 15.1. The molecule has 21 heavy (non-hydrogen) atoms. The van der Waals surface area contributed by atoms with Crippen LogP contribution in [0.1, 0.15) is 22.3 Å². The molecule has 1 aliphatic heterocycles. The molecule has 2 aromatic carbocycles. The maximum absolute atomic E-state index is 4.92. The van der Waals surface area contributed by atoms with Crippen LogP contribution in [0, 0.1) is 20.8 Å². The predicted octanol–water partition coefficient (Wildman–Crippen LogP) is 4.50. The van der Waals surface area contributed by atoms with E-state index >= 15 is 0 Å². The number of nitrogens with zero attached hydrogens (tertiary/aromatic N) is 2. The standard InChI is InChI=1S/C19H18N2/c1-12-8-13(2)18(14(3)9-12)17-11-21-10-15-6-4-5-7-16(15)19(21)20-17/h4-9,11H,10H2,1-3H3. The van der Waals surface area contributed by atoms with Crippen LogP contribution in [0.25, 0.3) is 22.6 Å². The zero-order valence-electron chi connectivity index (χ0n) is 12.6. The second-order valence-corrected chi connectivity index (χ2v) is 6.01. The van der Waals surface area contributed by atoms with Gasteiger partial charge >= 0.3 is 0 Å². The molecule has 0 radical (unpaired) electrons. The summed E-state index contributed by atoms with van der Waals surface area (Å²) in [4.78, 5) is 4.92. The third kappa shape index (κ3) is 1.83. The number of rotatable bonds is 1. The molecule has 0 unspecified atom stereocenters. The van der Waals surface area contributed by atoms with E-state index in [2.05, 4.69) is 67.9 Å². The number of benzene rings is 2. The lowest BCUT2D eigenvalue weighted by Crippen LogP contribution is -1.92. The van der Waals surface area contributed by atoms with Crippen LogP contribution in [-0.2, 0) is 6.54 Å². The van der Waals surface area contributed by atoms with Gasteiger partial charge in [-0.3, -0.25) is 0 Å². The van der Waals surface area contributed by atoms with Crippen LogP contribution in [0.2, 0.25) is 0 Å². The van der Waals surface area contributed by atoms with Gasteiger partial charge in [0.15, 0.2) is 0 Å². The van der Waals surface area contributed by atoms with Crippen molar-refractivity contribution in [2.75, 3.05) is 0 Å². The summed E-state index contributed by atoms with van der Waals surface area (Å²) < 4.78 is 2.26. The zero-order valence-corrected chi connectivity index (χ0v) is 12.6. The van der Waals surface area contributed by atoms with E-state index in [1.54, 1.807) is 0 Å². The molecule has 0 N–H and O–H groups in total. The molecule has 0 fully saturated rings. The first-order chi connectivity index (χ1) is 10.1. The van der Waals surface area contributed by atoms with E-state index in [4.69, 9.17) is 4.98 Å². The van der Waals surface area contributed by atoms with E-state index in [0.717, 1.165) is 18.1 Å². The van der Waals surface area contributed by atoms with Crippen LogP contribution in [0.4, 0.5) is 0 Å². The van der Waals surface area contributed by atoms with Gasteiger partial charge in [0, 0.05) is 23.9 Å². The lowest BCUT2D eigenvalue weighted by molar-refractivity contribution is 0.848. The third-order valence-corrected chi connectivity index (χ3v) is 4.31. The summed E-state index contributed by atoms with van der Waals surface area (Å²) in [6.45, 7) is 7.43. The molecular weight excluding hydrogens is 256 g/mol. The first-order valence-electron chi connectivity index (χ1n) is 7.37. The van der Waals surface area contributed by atoms with Crippen LogP contribution >= 0.6 is 0 Å². The van der Waals surface area contributed by atoms with Crippen molar-refractivity contribution in [2.45, 2.75) is 27.3 Å². The monoisotopic (exact) mass is 274 g/mol. The Morgan fingerprint density at radius 3 is 2.48 bits per heavy atom. The van der Waals surface area contributed by atoms with Crippen molar-refractivity contribution >= 4 is 0 Å². The Labute approximate surface area is 125 Å². The maximum atomic E-state index is 4.92. The molecule has 2 nitrogen and oxygen atoms in total. The molecule has 3 aromatic rings. The summed E-state index contributed by atoms with van der Waals surface area (Å²) in [5, 5.41) is 0. The summed E-state index contributed by atoms with van der Waals surface area (Å²) in [5.41, 5.74) is 8.92. The Hall–Kier alpha value is -2.35. The summed E-state index contributed by atoms with van der Waals surface area (Å²) in [6.07, 6.45) is 2.19. The van der Waals surface area contributed by atoms with Crippen molar-refractivity contribution in [1.82, 2.24) is 9.55 Å². The highest BCUT2D eigenvalue weighted by Crippen LogP contribution is 2.35. The number of aryl methyl sites for hydroxylation is 3. The van der Waals surface area contributed by atoms with E-state index in [1.807, 2.05) is 0 Å². The number of fused-ring (bicyclic) bond motifs is 3. The minimum absolute atomic E-state index is 0.933. The number of imidazole rings is 1. The van der Waals surface area contributed by atoms with Gasteiger partial charge in [-0.2, -0.15) is 0 Å². The van der Waals surface area contributed by atoms with E-state index in [1.165, 1.54) is 33.4 Å². The number of aromatic nitrogens is 2. The average molecular weight is 274 g/mol. The van der Waals surface area contributed by atoms with Gasteiger partial charge < -0.3 is 4.57 Å². The highest BCUT2D eigenvalue weighted by Gasteiger charge is 2.21. The number of hydrogen-bond acceptors (Lipinski definition) is 1. The van der Waals surface area contributed by atoms with Crippen molar-refractivity contribution in [3.05, 3.63) is 64.8 Å². The van der Waals surface area contributed by atoms with E-state index in [0.29, 0.717) is 0 Å². The molecule has 0 amide bonds. The van der Waals surface area contributed by atoms with Gasteiger partial charge in [-0.25, -0.2) is 4.98 Å². The largest absolute Gasteiger partial charge is 0.326 e. The highest BCUT2D eigenvalue weighted by molar-refractivity contribution is 5.73. The van der Waals surface area contributed by atoms with Crippen LogP contribution in [0.5, 0.6) is 0 Å². The van der Waals surface area contributed by atoms with Gasteiger partial charge in [-0.1, -0.05) is 42.0 Å². The Kier molecular flexibility index (Phi) is 2.55. The van der Waals surface area contributed by atoms with Gasteiger partial charge in [-0.05, 0) is 37.5 Å². The second-order valence-electron chi connectivity index (χ2n) is 6.01. The molecule has 2 heteroatoms. The van der Waals surface area contributed by atoms with Crippen LogP contribution in [0.3, 0.4) is 0 Å². The third-order valence-electron chi connectivity index (χ3n) is 4.31. The summed E-state index contributed by atoms with van der Waals surface area (Å²) in [5.74, 6) is 1.10. The van der Waals surface area contributed by atoms with Gasteiger partial charge in [0.1, 0.15) is 5.82 Å². The molecule has 0 saturated carbocycles. The minimum Gasteiger partial charge on any atom is -0.326 e. The van der Waals surface area contributed by atoms with Gasteiger partial charge in [0.05, 0.1) is 5.69 Å². The average Bonchev–Trinajstić information content (AvgIpc) is 2.94. The molecule has 1 aliphatic rings. The Morgan fingerprint density at radius 1 is 1.00 bits per heavy atom. The molecule has 0 atom stereocenters. The van der Waals surface area contributed by atoms with Crippen LogP contribution < -0.4 is 0 Å². The quantitative estimate of drug-likeness (QED) is 0.499. The van der Waals surface area contributed by atoms with Crippen molar-refractivity contribution in [3.63, 3.8) is 0 Å². The SMILES string of the molecule is Cc1cc(C)c(-c2cn3c(n2)-c2ccccc2C3)c(C)c1. The predicted molar refractivity (Wildman–Crippen MR) is 86.4 cm³/mol. The summed E-state index contributed by atoms with van der Waals surface area (Å²) in [7, 11) is 0. The number of hydrogen-bond donors (Lipinski definition) is 0. The van der Waals surface area contributed by atoms with Crippen molar-refractivity contribution in [2.24, 2.45) is 0 Å². The normalized spacial score (nSPS) is 12.3. The Bertz CT molecular complexity index is 833. The molecular formula is C19H18N2. The maximum Gasteiger partial charge on any atom is 0.141 e. The Balaban J connectivity index is 1.88. The minimum atomic E-state index is 0.933. The topological polar surface area (TPSA) is 17.8 Å². The fourth-order valence-corrected chi connectivity index (χ4v) is 3.52. The van der Waals surface area contributed by atoms with Crippen molar-refractivity contribution in [1.29, 1.82) is 0 Å². The van der Waals surface area contributed by atoms with Crippen molar-refractivity contribution in [3.8, 4) is 22.6 Å². The molecule has 1 aromatic heterocycles. The molecule has 2 heterocycles. The first-order valence-corrected chi connectivity index (χ1v) is 7.37. The Morgan fingerprint density at radius 2 is 1.71 bits per heavy atom. The van der Waals surface area contributed by atoms with Crippen LogP contribution in [-0.4, -0.2) is 9.55 Å². The smallest absolute Gasteiger partial charge is 0.141 e. The molecule has 0 bridgehead atoms. The van der Waals surface area contributed by atoms with Gasteiger partial charge in [0.25, 0.3) is 0 Å². The molecule has 104 valence electrons. The molecule has 4 rings (SSSR count). The molecule has 0 spiro atoms. The lowest BCUT2D eigenvalue weighted by Gasteiger charge is -2.09. The summed E-state index contributed by atoms with van der Waals surface area (Å²) in [6, 6.07) is 13.0. The van der Waals surface area contributed by atoms with E-state index < -0.39 is 0 Å². The molecule has 0 aliphatic carbocycles. The second kappa shape index (κ2) is 4.32. The van der Waals surface area contributed by atoms with E-state index in [9.17, 15) is 0 Å². The fourth-order valence-electron chi connectivity index (χ4n) is 3.52. The summed E-state index contributed by atoms with van der Waals surface area (Å²) >= 11 is 0. The van der Waals surface area contributed by atoms with Gasteiger partial charge in [0.2, 0.25) is 0 Å². The fraction of sp³-hybridized carbons (Fsp3) is 0.211.